The molecule has 0 bridgehead atoms. The fourth-order valence-electron chi connectivity index (χ4n) is 0.819. The van der Waals surface area contributed by atoms with Crippen molar-refractivity contribution in [2.24, 2.45) is 5.73 Å². The summed E-state index contributed by atoms with van der Waals surface area (Å²) in [4.78, 5) is 14.5. The minimum absolute atomic E-state index is 0.348. The van der Waals surface area contributed by atoms with Crippen molar-refractivity contribution in [1.29, 1.82) is 0 Å². The van der Waals surface area contributed by atoms with Crippen LogP contribution in [-0.2, 0) is 0 Å². The third-order valence-corrected chi connectivity index (χ3v) is 1.51. The number of nitrogen functional groups attached to an aromatic ring is 1. The first-order valence-electron chi connectivity index (χ1n) is 3.14. The smallest absolute Gasteiger partial charge is 0.249 e. The molecule has 1 heterocycles. The standard InChI is InChI=1S/C7H9N3O/c1-4-5(7(9)11)2-3-10-6(4)8/h2-3H,1H3,(H2,8,10)(H2,9,11). The molecular formula is C7H9N3O. The van der Waals surface area contributed by atoms with Gasteiger partial charge in [-0.2, -0.15) is 0 Å². The number of amides is 1. The van der Waals surface area contributed by atoms with E-state index < -0.39 is 5.91 Å². The number of anilines is 1. The van der Waals surface area contributed by atoms with Gasteiger partial charge in [0.05, 0.1) is 0 Å². The molecule has 0 aromatic carbocycles. The molecule has 0 fully saturated rings. The Bertz CT molecular complexity index is 296. The Hall–Kier alpha value is -1.58. The lowest BCUT2D eigenvalue weighted by Gasteiger charge is -2.01. The molecule has 1 aromatic rings. The van der Waals surface area contributed by atoms with E-state index in [1.165, 1.54) is 6.20 Å². The Labute approximate surface area is 64.2 Å². The number of pyridine rings is 1. The van der Waals surface area contributed by atoms with Crippen molar-refractivity contribution in [2.75, 3.05) is 5.73 Å². The molecule has 11 heavy (non-hydrogen) atoms. The largest absolute Gasteiger partial charge is 0.383 e. The summed E-state index contributed by atoms with van der Waals surface area (Å²) in [6.07, 6.45) is 1.46. The number of primary amides is 1. The van der Waals surface area contributed by atoms with Gasteiger partial charge < -0.3 is 11.5 Å². The predicted octanol–water partition coefficient (Wildman–Crippen LogP) is 0.0711. The molecular weight excluding hydrogens is 142 g/mol. The maximum atomic E-state index is 10.7. The van der Waals surface area contributed by atoms with Crippen molar-refractivity contribution in [1.82, 2.24) is 4.98 Å². The van der Waals surface area contributed by atoms with Crippen LogP contribution in [0.25, 0.3) is 0 Å². The van der Waals surface area contributed by atoms with E-state index in [4.69, 9.17) is 11.5 Å². The van der Waals surface area contributed by atoms with Crippen LogP contribution in [0.5, 0.6) is 0 Å². The minimum atomic E-state index is -0.475. The van der Waals surface area contributed by atoms with E-state index >= 15 is 0 Å². The Morgan fingerprint density at radius 3 is 2.73 bits per heavy atom. The summed E-state index contributed by atoms with van der Waals surface area (Å²) < 4.78 is 0. The molecule has 1 rings (SSSR count). The summed E-state index contributed by atoms with van der Waals surface area (Å²) in [5.74, 6) is -0.127. The summed E-state index contributed by atoms with van der Waals surface area (Å²) in [5, 5.41) is 0. The number of rotatable bonds is 1. The molecule has 4 heteroatoms. The second-order valence-corrected chi connectivity index (χ2v) is 2.23. The lowest BCUT2D eigenvalue weighted by atomic mass is 10.1. The highest BCUT2D eigenvalue weighted by molar-refractivity contribution is 5.95. The maximum absolute atomic E-state index is 10.7. The zero-order valence-electron chi connectivity index (χ0n) is 6.16. The number of hydrogen-bond donors (Lipinski definition) is 2. The number of carbonyl (C=O) groups is 1. The van der Waals surface area contributed by atoms with Crippen molar-refractivity contribution < 1.29 is 4.79 Å². The molecule has 4 nitrogen and oxygen atoms in total. The summed E-state index contributed by atoms with van der Waals surface area (Å²) in [6.45, 7) is 1.71. The molecule has 0 spiro atoms. The van der Waals surface area contributed by atoms with E-state index in [0.29, 0.717) is 16.9 Å². The number of carbonyl (C=O) groups excluding carboxylic acids is 1. The molecule has 1 amide bonds. The van der Waals surface area contributed by atoms with Gasteiger partial charge in [-0.15, -0.1) is 0 Å². The molecule has 1 aromatic heterocycles. The van der Waals surface area contributed by atoms with E-state index in [2.05, 4.69) is 4.98 Å². The topological polar surface area (TPSA) is 82.0 Å². The molecule has 58 valence electrons. The third kappa shape index (κ3) is 1.29. The summed E-state index contributed by atoms with van der Waals surface area (Å²) in [6, 6.07) is 1.55. The number of hydrogen-bond acceptors (Lipinski definition) is 3. The average molecular weight is 151 g/mol. The van der Waals surface area contributed by atoms with Gasteiger partial charge in [-0.25, -0.2) is 4.98 Å². The fraction of sp³-hybridized carbons (Fsp3) is 0.143. The Morgan fingerprint density at radius 1 is 1.64 bits per heavy atom. The minimum Gasteiger partial charge on any atom is -0.383 e. The van der Waals surface area contributed by atoms with Crippen molar-refractivity contribution in [3.05, 3.63) is 23.4 Å². The SMILES string of the molecule is Cc1c(C(N)=O)ccnc1N. The zero-order valence-corrected chi connectivity index (χ0v) is 6.16. The van der Waals surface area contributed by atoms with Gasteiger partial charge >= 0.3 is 0 Å². The first kappa shape index (κ1) is 7.53. The van der Waals surface area contributed by atoms with Gasteiger partial charge in [0.25, 0.3) is 0 Å². The molecule has 0 aliphatic carbocycles. The van der Waals surface area contributed by atoms with Gasteiger partial charge in [0.15, 0.2) is 0 Å². The Balaban J connectivity index is 3.27. The van der Waals surface area contributed by atoms with Crippen molar-refractivity contribution in [2.45, 2.75) is 6.92 Å². The monoisotopic (exact) mass is 151 g/mol. The number of nitrogens with two attached hydrogens (primary N) is 2. The lowest BCUT2D eigenvalue weighted by Crippen LogP contribution is -2.13. The Kier molecular flexibility index (Phi) is 1.76. The highest BCUT2D eigenvalue weighted by Gasteiger charge is 2.06. The lowest BCUT2D eigenvalue weighted by molar-refractivity contribution is 0.0999. The molecule has 0 saturated heterocycles. The summed E-state index contributed by atoms with van der Waals surface area (Å²) >= 11 is 0. The van der Waals surface area contributed by atoms with E-state index in [-0.39, 0.29) is 0 Å². The highest BCUT2D eigenvalue weighted by atomic mass is 16.1. The highest BCUT2D eigenvalue weighted by Crippen LogP contribution is 2.10. The van der Waals surface area contributed by atoms with Gasteiger partial charge in [0.2, 0.25) is 5.91 Å². The van der Waals surface area contributed by atoms with Crippen molar-refractivity contribution >= 4 is 11.7 Å². The van der Waals surface area contributed by atoms with Crippen molar-refractivity contribution in [3.63, 3.8) is 0 Å². The van der Waals surface area contributed by atoms with Crippen LogP contribution in [0.15, 0.2) is 12.3 Å². The Morgan fingerprint density at radius 2 is 2.27 bits per heavy atom. The second-order valence-electron chi connectivity index (χ2n) is 2.23. The van der Waals surface area contributed by atoms with Crippen LogP contribution < -0.4 is 11.5 Å². The molecule has 0 aliphatic rings. The number of nitrogens with zero attached hydrogens (tertiary/aromatic N) is 1. The van der Waals surface area contributed by atoms with Crippen LogP contribution in [-0.4, -0.2) is 10.9 Å². The molecule has 4 N–H and O–H groups in total. The summed E-state index contributed by atoms with van der Waals surface area (Å²) in [7, 11) is 0. The van der Waals surface area contributed by atoms with Crippen LogP contribution in [0.1, 0.15) is 15.9 Å². The van der Waals surface area contributed by atoms with Gasteiger partial charge in [-0.3, -0.25) is 4.79 Å². The van der Waals surface area contributed by atoms with Gasteiger partial charge in [-0.1, -0.05) is 0 Å². The predicted molar refractivity (Wildman–Crippen MR) is 41.9 cm³/mol. The van der Waals surface area contributed by atoms with Gasteiger partial charge in [-0.05, 0) is 13.0 Å². The van der Waals surface area contributed by atoms with Crippen molar-refractivity contribution in [3.8, 4) is 0 Å². The average Bonchev–Trinajstić information content (AvgIpc) is 1.94. The molecule has 0 atom stereocenters. The van der Waals surface area contributed by atoms with Crippen LogP contribution in [0.4, 0.5) is 5.82 Å². The maximum Gasteiger partial charge on any atom is 0.249 e. The van der Waals surface area contributed by atoms with E-state index in [1.807, 2.05) is 0 Å². The van der Waals surface area contributed by atoms with E-state index in [9.17, 15) is 4.79 Å². The quantitative estimate of drug-likeness (QED) is 0.595. The van der Waals surface area contributed by atoms with Gasteiger partial charge in [0, 0.05) is 17.3 Å². The zero-order chi connectivity index (χ0) is 8.43. The van der Waals surface area contributed by atoms with Crippen LogP contribution in [0.2, 0.25) is 0 Å². The van der Waals surface area contributed by atoms with Crippen LogP contribution >= 0.6 is 0 Å². The van der Waals surface area contributed by atoms with E-state index in [0.717, 1.165) is 0 Å². The first-order chi connectivity index (χ1) is 5.13. The molecule has 0 radical (unpaired) electrons. The molecule has 0 aliphatic heterocycles. The second kappa shape index (κ2) is 2.57. The number of aromatic nitrogens is 1. The third-order valence-electron chi connectivity index (χ3n) is 1.51. The van der Waals surface area contributed by atoms with Crippen LogP contribution in [0, 0.1) is 6.92 Å². The normalized spacial score (nSPS) is 9.55. The first-order valence-corrected chi connectivity index (χ1v) is 3.14. The van der Waals surface area contributed by atoms with Crippen LogP contribution in [0.3, 0.4) is 0 Å². The summed E-state index contributed by atoms with van der Waals surface area (Å²) in [5.41, 5.74) is 11.6. The molecule has 0 unspecified atom stereocenters. The van der Waals surface area contributed by atoms with E-state index in [1.54, 1.807) is 13.0 Å². The fourth-order valence-corrected chi connectivity index (χ4v) is 0.819. The molecule has 0 saturated carbocycles. The van der Waals surface area contributed by atoms with Gasteiger partial charge in [0.1, 0.15) is 5.82 Å².